The molecule has 2 atom stereocenters. The van der Waals surface area contributed by atoms with Gasteiger partial charge in [-0.05, 0) is 44.4 Å². The second-order valence-electron chi connectivity index (χ2n) is 6.47. The Morgan fingerprint density at radius 2 is 1.94 bits per heavy atom. The van der Waals surface area contributed by atoms with Gasteiger partial charge in [-0.25, -0.2) is 4.98 Å². The minimum absolute atomic E-state index is 0.195. The van der Waals surface area contributed by atoms with Gasteiger partial charge in [-0.3, -0.25) is 0 Å². The molecule has 0 amide bonds. The van der Waals surface area contributed by atoms with Crippen molar-refractivity contribution >= 4 is 11.3 Å². The smallest absolute Gasteiger partial charge is 0.113 e. The fourth-order valence-corrected chi connectivity index (χ4v) is 4.05. The predicted octanol–water partition coefficient (Wildman–Crippen LogP) is 3.76. The standard InChI is InChI=1S/C14H24N2S/c1-9-8-13(4,5)6-7-14(9,15)12-16-10(2)11(3)17-12/h9H,6-8,15H2,1-5H3. The lowest BCUT2D eigenvalue weighted by Gasteiger charge is -2.45. The van der Waals surface area contributed by atoms with Crippen LogP contribution >= 0.6 is 11.3 Å². The lowest BCUT2D eigenvalue weighted by atomic mass is 9.64. The molecule has 1 aromatic heterocycles. The van der Waals surface area contributed by atoms with Crippen molar-refractivity contribution in [3.63, 3.8) is 0 Å². The van der Waals surface area contributed by atoms with E-state index in [1.54, 1.807) is 11.3 Å². The summed E-state index contributed by atoms with van der Waals surface area (Å²) in [6, 6.07) is 0. The monoisotopic (exact) mass is 252 g/mol. The lowest BCUT2D eigenvalue weighted by Crippen LogP contribution is -2.48. The van der Waals surface area contributed by atoms with Crippen molar-refractivity contribution in [3.05, 3.63) is 15.6 Å². The maximum atomic E-state index is 6.68. The van der Waals surface area contributed by atoms with Crippen LogP contribution in [0.5, 0.6) is 0 Å². The van der Waals surface area contributed by atoms with Crippen LogP contribution in [0.1, 0.15) is 55.6 Å². The van der Waals surface area contributed by atoms with Gasteiger partial charge in [0.1, 0.15) is 5.01 Å². The molecular formula is C14H24N2S. The molecule has 0 aliphatic heterocycles. The van der Waals surface area contributed by atoms with Gasteiger partial charge in [-0.2, -0.15) is 0 Å². The predicted molar refractivity (Wildman–Crippen MR) is 74.2 cm³/mol. The van der Waals surface area contributed by atoms with Gasteiger partial charge in [0, 0.05) is 4.88 Å². The second-order valence-corrected chi connectivity index (χ2v) is 7.67. The molecule has 0 radical (unpaired) electrons. The van der Waals surface area contributed by atoms with Crippen LogP contribution in [0.25, 0.3) is 0 Å². The molecule has 1 saturated carbocycles. The Morgan fingerprint density at radius 1 is 1.29 bits per heavy atom. The fourth-order valence-electron chi connectivity index (χ4n) is 2.89. The van der Waals surface area contributed by atoms with E-state index < -0.39 is 0 Å². The summed E-state index contributed by atoms with van der Waals surface area (Å²) < 4.78 is 0. The van der Waals surface area contributed by atoms with Crippen molar-refractivity contribution in [1.29, 1.82) is 0 Å². The van der Waals surface area contributed by atoms with Gasteiger partial charge >= 0.3 is 0 Å². The van der Waals surface area contributed by atoms with Crippen LogP contribution in [-0.4, -0.2) is 4.98 Å². The normalized spacial score (nSPS) is 32.7. The topological polar surface area (TPSA) is 38.9 Å². The maximum absolute atomic E-state index is 6.68. The first-order valence-electron chi connectivity index (χ1n) is 6.48. The number of aromatic nitrogens is 1. The van der Waals surface area contributed by atoms with Gasteiger partial charge in [0.2, 0.25) is 0 Å². The molecule has 1 aliphatic carbocycles. The quantitative estimate of drug-likeness (QED) is 0.826. The van der Waals surface area contributed by atoms with Crippen molar-refractivity contribution in [2.24, 2.45) is 17.1 Å². The highest BCUT2D eigenvalue weighted by molar-refractivity contribution is 7.11. The molecule has 3 heteroatoms. The van der Waals surface area contributed by atoms with E-state index in [2.05, 4.69) is 34.6 Å². The van der Waals surface area contributed by atoms with Crippen LogP contribution in [-0.2, 0) is 5.54 Å². The Labute approximate surface area is 109 Å². The third kappa shape index (κ3) is 2.27. The van der Waals surface area contributed by atoms with Crippen molar-refractivity contribution in [3.8, 4) is 0 Å². The summed E-state index contributed by atoms with van der Waals surface area (Å²) in [7, 11) is 0. The van der Waals surface area contributed by atoms with Crippen molar-refractivity contribution in [1.82, 2.24) is 4.98 Å². The van der Waals surface area contributed by atoms with Gasteiger partial charge in [-0.15, -0.1) is 11.3 Å². The van der Waals surface area contributed by atoms with E-state index in [0.717, 1.165) is 17.1 Å². The summed E-state index contributed by atoms with van der Waals surface area (Å²) in [4.78, 5) is 6.00. The largest absolute Gasteiger partial charge is 0.319 e. The van der Waals surface area contributed by atoms with Gasteiger partial charge in [0.25, 0.3) is 0 Å². The molecule has 17 heavy (non-hydrogen) atoms. The average molecular weight is 252 g/mol. The minimum atomic E-state index is -0.195. The van der Waals surface area contributed by atoms with Crippen LogP contribution in [0.15, 0.2) is 0 Å². The molecule has 2 nitrogen and oxygen atoms in total. The number of nitrogens with zero attached hydrogens (tertiary/aromatic N) is 1. The summed E-state index contributed by atoms with van der Waals surface area (Å²) in [6.45, 7) is 11.2. The lowest BCUT2D eigenvalue weighted by molar-refractivity contribution is 0.101. The highest BCUT2D eigenvalue weighted by Gasteiger charge is 2.44. The zero-order valence-electron chi connectivity index (χ0n) is 11.6. The average Bonchev–Trinajstić information content (AvgIpc) is 2.54. The molecular weight excluding hydrogens is 228 g/mol. The zero-order valence-corrected chi connectivity index (χ0v) is 12.4. The van der Waals surface area contributed by atoms with E-state index >= 15 is 0 Å². The number of hydrogen-bond acceptors (Lipinski definition) is 3. The molecule has 1 aromatic rings. The number of thiazole rings is 1. The summed E-state index contributed by atoms with van der Waals surface area (Å²) in [5.74, 6) is 0.510. The zero-order chi connectivity index (χ0) is 12.8. The third-order valence-corrected chi connectivity index (χ3v) is 5.65. The van der Waals surface area contributed by atoms with E-state index in [0.29, 0.717) is 11.3 Å². The van der Waals surface area contributed by atoms with Crippen molar-refractivity contribution < 1.29 is 0 Å². The Bertz CT molecular complexity index is 402. The third-order valence-electron chi connectivity index (χ3n) is 4.38. The molecule has 2 N–H and O–H groups in total. The first-order chi connectivity index (χ1) is 7.74. The maximum Gasteiger partial charge on any atom is 0.113 e. The Kier molecular flexibility index (Phi) is 3.11. The summed E-state index contributed by atoms with van der Waals surface area (Å²) in [5, 5.41) is 1.15. The van der Waals surface area contributed by atoms with Crippen LogP contribution in [0.4, 0.5) is 0 Å². The molecule has 1 fully saturated rings. The minimum Gasteiger partial charge on any atom is -0.319 e. The van der Waals surface area contributed by atoms with Gasteiger partial charge in [0.15, 0.2) is 0 Å². The summed E-state index contributed by atoms with van der Waals surface area (Å²) >= 11 is 1.79. The highest BCUT2D eigenvalue weighted by Crippen LogP contribution is 2.48. The van der Waals surface area contributed by atoms with Gasteiger partial charge in [-0.1, -0.05) is 20.8 Å². The molecule has 0 saturated heterocycles. The van der Waals surface area contributed by atoms with Crippen LogP contribution in [0.3, 0.4) is 0 Å². The first-order valence-corrected chi connectivity index (χ1v) is 7.30. The van der Waals surface area contributed by atoms with Crippen molar-refractivity contribution in [2.45, 2.75) is 59.4 Å². The SMILES string of the molecule is Cc1nc(C2(N)CCC(C)(C)CC2C)sc1C. The number of nitrogens with two attached hydrogens (primary N) is 1. The van der Waals surface area contributed by atoms with Crippen LogP contribution < -0.4 is 5.73 Å². The van der Waals surface area contributed by atoms with Crippen LogP contribution in [0.2, 0.25) is 0 Å². The van der Waals surface area contributed by atoms with E-state index in [-0.39, 0.29) is 5.54 Å². The fraction of sp³-hybridized carbons (Fsp3) is 0.786. The molecule has 1 aliphatic rings. The second kappa shape index (κ2) is 4.06. The number of rotatable bonds is 1. The van der Waals surface area contributed by atoms with E-state index in [1.807, 2.05) is 0 Å². The first kappa shape index (κ1) is 13.0. The molecule has 2 unspecified atom stereocenters. The Hall–Kier alpha value is -0.410. The summed E-state index contributed by atoms with van der Waals surface area (Å²) in [5.41, 5.74) is 8.06. The molecule has 0 spiro atoms. The molecule has 96 valence electrons. The molecule has 0 bridgehead atoms. The Morgan fingerprint density at radius 3 is 2.41 bits per heavy atom. The number of aryl methyl sites for hydroxylation is 2. The van der Waals surface area contributed by atoms with E-state index in [4.69, 9.17) is 10.7 Å². The van der Waals surface area contributed by atoms with Crippen molar-refractivity contribution in [2.75, 3.05) is 0 Å². The Balaban J connectivity index is 2.31. The van der Waals surface area contributed by atoms with Crippen LogP contribution in [0, 0.1) is 25.2 Å². The molecule has 1 heterocycles. The van der Waals surface area contributed by atoms with E-state index in [9.17, 15) is 0 Å². The molecule has 2 rings (SSSR count). The number of hydrogen-bond donors (Lipinski definition) is 1. The highest BCUT2D eigenvalue weighted by atomic mass is 32.1. The molecule has 0 aromatic carbocycles. The van der Waals surface area contributed by atoms with E-state index in [1.165, 1.54) is 17.7 Å². The van der Waals surface area contributed by atoms with Gasteiger partial charge in [0.05, 0.1) is 11.2 Å². The summed E-state index contributed by atoms with van der Waals surface area (Å²) in [6.07, 6.45) is 3.46. The van der Waals surface area contributed by atoms with Gasteiger partial charge < -0.3 is 5.73 Å².